The topological polar surface area (TPSA) is 84.7 Å². The van der Waals surface area contributed by atoms with E-state index in [1.807, 2.05) is 42.0 Å². The van der Waals surface area contributed by atoms with Gasteiger partial charge in [0, 0.05) is 35.5 Å². The van der Waals surface area contributed by atoms with Crippen LogP contribution in [0.4, 0.5) is 0 Å². The molecule has 1 aliphatic rings. The van der Waals surface area contributed by atoms with E-state index in [0.29, 0.717) is 43.0 Å². The van der Waals surface area contributed by atoms with Gasteiger partial charge in [-0.15, -0.1) is 0 Å². The van der Waals surface area contributed by atoms with Gasteiger partial charge in [0.25, 0.3) is 11.7 Å². The maximum atomic E-state index is 13.2. The van der Waals surface area contributed by atoms with Crippen LogP contribution in [0.3, 0.4) is 0 Å². The van der Waals surface area contributed by atoms with Crippen LogP contribution in [0.1, 0.15) is 36.9 Å². The molecular weight excluding hydrogens is 498 g/mol. The zero-order valence-electron chi connectivity index (χ0n) is 18.9. The normalized spacial score (nSPS) is 17.4. The fourth-order valence-corrected chi connectivity index (χ4v) is 4.32. The first-order valence-corrected chi connectivity index (χ1v) is 12.0. The molecule has 4 rings (SSSR count). The molecule has 1 N–H and O–H groups in total. The Kier molecular flexibility index (Phi) is 7.47. The highest BCUT2D eigenvalue weighted by atomic mass is 79.9. The Morgan fingerprint density at radius 3 is 2.65 bits per heavy atom. The third-order valence-electron chi connectivity index (χ3n) is 5.68. The molecule has 7 nitrogen and oxygen atoms in total. The summed E-state index contributed by atoms with van der Waals surface area (Å²) < 4.78 is 8.56. The summed E-state index contributed by atoms with van der Waals surface area (Å²) in [6.07, 6.45) is 6.76. The molecule has 34 heavy (non-hydrogen) atoms. The Morgan fingerprint density at radius 2 is 1.94 bits per heavy atom. The van der Waals surface area contributed by atoms with Crippen molar-refractivity contribution in [1.29, 1.82) is 0 Å². The number of ether oxygens (including phenoxy) is 1. The van der Waals surface area contributed by atoms with Crippen molar-refractivity contribution < 1.29 is 19.4 Å². The lowest BCUT2D eigenvalue weighted by Crippen LogP contribution is -2.31. The molecule has 0 spiro atoms. The van der Waals surface area contributed by atoms with Crippen molar-refractivity contribution in [2.75, 3.05) is 13.2 Å². The number of rotatable bonds is 9. The quantitative estimate of drug-likeness (QED) is 0.243. The molecule has 0 bridgehead atoms. The number of ketones is 1. The summed E-state index contributed by atoms with van der Waals surface area (Å²) in [5, 5.41) is 11.2. The average molecular weight is 524 g/mol. The van der Waals surface area contributed by atoms with Crippen LogP contribution in [0.25, 0.3) is 5.76 Å². The summed E-state index contributed by atoms with van der Waals surface area (Å²) in [7, 11) is 0. The summed E-state index contributed by atoms with van der Waals surface area (Å²) in [5.74, 6) is -0.832. The minimum atomic E-state index is -0.711. The number of hydrogen-bond donors (Lipinski definition) is 1. The van der Waals surface area contributed by atoms with Crippen molar-refractivity contribution in [3.63, 3.8) is 0 Å². The van der Waals surface area contributed by atoms with Crippen molar-refractivity contribution in [2.24, 2.45) is 0 Å². The van der Waals surface area contributed by atoms with E-state index in [1.165, 1.54) is 0 Å². The zero-order chi connectivity index (χ0) is 24.1. The van der Waals surface area contributed by atoms with Crippen molar-refractivity contribution in [3.05, 3.63) is 88.4 Å². The number of aliphatic hydroxyl groups is 1. The number of halogens is 1. The minimum absolute atomic E-state index is 0.0857. The van der Waals surface area contributed by atoms with E-state index in [-0.39, 0.29) is 11.3 Å². The molecule has 1 amide bonds. The van der Waals surface area contributed by atoms with E-state index in [4.69, 9.17) is 4.74 Å². The van der Waals surface area contributed by atoms with Crippen LogP contribution in [0.2, 0.25) is 0 Å². The maximum absolute atomic E-state index is 13.2. The van der Waals surface area contributed by atoms with E-state index < -0.39 is 17.7 Å². The Labute approximate surface area is 206 Å². The smallest absolute Gasteiger partial charge is 0.295 e. The summed E-state index contributed by atoms with van der Waals surface area (Å²) in [5.41, 5.74) is 1.28. The number of aliphatic hydroxyl groups excluding tert-OH is 1. The van der Waals surface area contributed by atoms with Crippen molar-refractivity contribution in [3.8, 4) is 5.75 Å². The number of nitrogens with zero attached hydrogens (tertiary/aromatic N) is 3. The highest BCUT2D eigenvalue weighted by molar-refractivity contribution is 9.10. The molecule has 0 unspecified atom stereocenters. The molecule has 0 radical (unpaired) electrons. The van der Waals surface area contributed by atoms with Crippen molar-refractivity contribution in [2.45, 2.75) is 32.4 Å². The van der Waals surface area contributed by atoms with Gasteiger partial charge in [0.05, 0.1) is 24.5 Å². The van der Waals surface area contributed by atoms with E-state index in [2.05, 4.69) is 20.9 Å². The van der Waals surface area contributed by atoms with Crippen molar-refractivity contribution in [1.82, 2.24) is 14.5 Å². The lowest BCUT2D eigenvalue weighted by Gasteiger charge is -2.26. The average Bonchev–Trinajstić information content (AvgIpc) is 3.45. The summed E-state index contributed by atoms with van der Waals surface area (Å²) in [6.45, 7) is 3.59. The number of benzene rings is 2. The molecule has 1 atom stereocenters. The minimum Gasteiger partial charge on any atom is -0.507 e. The van der Waals surface area contributed by atoms with Crippen LogP contribution >= 0.6 is 15.9 Å². The number of aromatic nitrogens is 2. The molecule has 3 aromatic rings. The van der Waals surface area contributed by atoms with Gasteiger partial charge in [-0.25, -0.2) is 4.98 Å². The Bertz CT molecular complexity index is 1190. The van der Waals surface area contributed by atoms with Gasteiger partial charge < -0.3 is 19.3 Å². The molecule has 0 saturated carbocycles. The lowest BCUT2D eigenvalue weighted by atomic mass is 9.95. The maximum Gasteiger partial charge on any atom is 0.295 e. The SMILES string of the molecule is CCCOc1cccc([C@H]2/C(=C(\O)c3ccc(Br)cc3)C(=O)C(=O)N2CCCn2ccnc2)c1. The summed E-state index contributed by atoms with van der Waals surface area (Å²) in [6, 6.07) is 13.7. The van der Waals surface area contributed by atoms with Crippen LogP contribution in [-0.2, 0) is 16.1 Å². The first-order valence-electron chi connectivity index (χ1n) is 11.2. The van der Waals surface area contributed by atoms with Crippen LogP contribution < -0.4 is 4.74 Å². The number of Topliss-reactive ketones (excluding diaryl/α,β-unsaturated/α-hetero) is 1. The van der Waals surface area contributed by atoms with Crippen LogP contribution in [-0.4, -0.2) is 44.4 Å². The Morgan fingerprint density at radius 1 is 1.15 bits per heavy atom. The number of imidazole rings is 1. The first kappa shape index (κ1) is 23.8. The molecule has 8 heteroatoms. The highest BCUT2D eigenvalue weighted by Crippen LogP contribution is 2.40. The van der Waals surface area contributed by atoms with Crippen LogP contribution in [0.15, 0.2) is 77.3 Å². The summed E-state index contributed by atoms with van der Waals surface area (Å²) >= 11 is 3.38. The fraction of sp³-hybridized carbons (Fsp3) is 0.269. The standard InChI is InChI=1S/C26H26BrN3O4/c1-2-15-34-21-6-3-5-19(16-21)23-22(24(31)18-7-9-20(27)10-8-18)25(32)26(33)30(23)13-4-12-29-14-11-28-17-29/h3,5-11,14,16-17,23,31H,2,4,12-13,15H2,1H3/b24-22+/t23-/m0/s1. The number of hydrogen-bond acceptors (Lipinski definition) is 5. The third-order valence-corrected chi connectivity index (χ3v) is 6.21. The Balaban J connectivity index is 1.73. The number of likely N-dealkylation sites (tertiary alicyclic amines) is 1. The van der Waals surface area contributed by atoms with E-state index >= 15 is 0 Å². The van der Waals surface area contributed by atoms with Gasteiger partial charge >= 0.3 is 0 Å². The predicted octanol–water partition coefficient (Wildman–Crippen LogP) is 4.95. The van der Waals surface area contributed by atoms with E-state index in [1.54, 1.807) is 41.7 Å². The molecule has 1 fully saturated rings. The van der Waals surface area contributed by atoms with E-state index in [9.17, 15) is 14.7 Å². The van der Waals surface area contributed by atoms with Gasteiger partial charge in [-0.3, -0.25) is 9.59 Å². The number of amides is 1. The van der Waals surface area contributed by atoms with Gasteiger partial charge in [0.2, 0.25) is 0 Å². The molecule has 2 heterocycles. The van der Waals surface area contributed by atoms with Gasteiger partial charge in [-0.05, 0) is 42.7 Å². The second-order valence-electron chi connectivity index (χ2n) is 8.07. The third kappa shape index (κ3) is 5.07. The molecule has 176 valence electrons. The van der Waals surface area contributed by atoms with Crippen molar-refractivity contribution >= 4 is 33.4 Å². The molecule has 2 aromatic carbocycles. The highest BCUT2D eigenvalue weighted by Gasteiger charge is 2.45. The summed E-state index contributed by atoms with van der Waals surface area (Å²) in [4.78, 5) is 31.9. The molecule has 0 aliphatic carbocycles. The fourth-order valence-electron chi connectivity index (χ4n) is 4.06. The van der Waals surface area contributed by atoms with Gasteiger partial charge in [0.1, 0.15) is 11.5 Å². The number of carbonyl (C=O) groups excluding carboxylic acids is 2. The second kappa shape index (κ2) is 10.7. The zero-order valence-corrected chi connectivity index (χ0v) is 20.4. The lowest BCUT2D eigenvalue weighted by molar-refractivity contribution is -0.139. The first-order chi connectivity index (χ1) is 16.5. The van der Waals surface area contributed by atoms with E-state index in [0.717, 1.165) is 10.9 Å². The molecule has 1 aliphatic heterocycles. The number of aryl methyl sites for hydroxylation is 1. The number of carbonyl (C=O) groups is 2. The van der Waals surface area contributed by atoms with Crippen LogP contribution in [0, 0.1) is 0 Å². The largest absolute Gasteiger partial charge is 0.507 e. The van der Waals surface area contributed by atoms with Crippen LogP contribution in [0.5, 0.6) is 5.75 Å². The second-order valence-corrected chi connectivity index (χ2v) is 8.99. The molecular formula is C26H26BrN3O4. The molecule has 1 saturated heterocycles. The van der Waals surface area contributed by atoms with Gasteiger partial charge in [0.15, 0.2) is 0 Å². The van der Waals surface area contributed by atoms with Gasteiger partial charge in [-0.2, -0.15) is 0 Å². The monoisotopic (exact) mass is 523 g/mol. The van der Waals surface area contributed by atoms with Gasteiger partial charge in [-0.1, -0.05) is 47.1 Å². The molecule has 1 aromatic heterocycles. The predicted molar refractivity (Wildman–Crippen MR) is 132 cm³/mol. The Hall–Kier alpha value is -3.39.